The average molecular weight is 222 g/mol. The van der Waals surface area contributed by atoms with Gasteiger partial charge in [-0.2, -0.15) is 0 Å². The number of ketones is 1. The molecule has 88 valence electrons. The summed E-state index contributed by atoms with van der Waals surface area (Å²) >= 11 is 0. The highest BCUT2D eigenvalue weighted by atomic mass is 16.5. The number of Topliss-reactive ketones (excluding diaryl/α,β-unsaturated/α-hetero) is 1. The van der Waals surface area contributed by atoms with E-state index in [0.29, 0.717) is 23.5 Å². The molecule has 0 radical (unpaired) electrons. The molecule has 3 nitrogen and oxygen atoms in total. The van der Waals surface area contributed by atoms with Crippen molar-refractivity contribution in [1.82, 2.24) is 0 Å². The smallest absolute Gasteiger partial charge is 0.163 e. The van der Waals surface area contributed by atoms with Crippen LogP contribution in [0.1, 0.15) is 42.6 Å². The summed E-state index contributed by atoms with van der Waals surface area (Å²) in [5.74, 6) is 0.540. The van der Waals surface area contributed by atoms with Crippen molar-refractivity contribution in [2.75, 3.05) is 6.61 Å². The van der Waals surface area contributed by atoms with Crippen LogP contribution in [0.5, 0.6) is 11.5 Å². The van der Waals surface area contributed by atoms with Crippen LogP contribution in [0.3, 0.4) is 0 Å². The number of hydrogen-bond donors (Lipinski definition) is 1. The lowest BCUT2D eigenvalue weighted by Crippen LogP contribution is -2.01. The molecule has 1 aromatic carbocycles. The van der Waals surface area contributed by atoms with Gasteiger partial charge in [-0.05, 0) is 32.4 Å². The quantitative estimate of drug-likeness (QED) is 0.615. The first-order valence-corrected chi connectivity index (χ1v) is 5.54. The Hall–Kier alpha value is -1.51. The molecule has 0 saturated heterocycles. The Kier molecular flexibility index (Phi) is 4.35. The van der Waals surface area contributed by atoms with Gasteiger partial charge in [-0.3, -0.25) is 4.79 Å². The maximum atomic E-state index is 11.2. The SMILES string of the molecule is CCCCOc1ccc(C(C)=O)c(O)c1C. The summed E-state index contributed by atoms with van der Waals surface area (Å²) in [6, 6.07) is 3.34. The standard InChI is InChI=1S/C13H18O3/c1-4-5-8-16-12-7-6-11(10(3)14)13(15)9(12)2/h6-7,15H,4-5,8H2,1-3H3. The molecule has 0 aliphatic rings. The second kappa shape index (κ2) is 5.54. The highest BCUT2D eigenvalue weighted by molar-refractivity contribution is 5.97. The number of carbonyl (C=O) groups is 1. The van der Waals surface area contributed by atoms with Gasteiger partial charge in [-0.1, -0.05) is 13.3 Å². The highest BCUT2D eigenvalue weighted by Crippen LogP contribution is 2.30. The van der Waals surface area contributed by atoms with Crippen molar-refractivity contribution in [3.63, 3.8) is 0 Å². The number of ether oxygens (including phenoxy) is 1. The third-order valence-electron chi connectivity index (χ3n) is 2.52. The van der Waals surface area contributed by atoms with E-state index in [1.165, 1.54) is 6.92 Å². The predicted octanol–water partition coefficient (Wildman–Crippen LogP) is 3.08. The number of phenols is 1. The molecule has 0 aromatic heterocycles. The Labute approximate surface area is 96.1 Å². The topological polar surface area (TPSA) is 46.5 Å². The summed E-state index contributed by atoms with van der Waals surface area (Å²) in [6.07, 6.45) is 2.05. The van der Waals surface area contributed by atoms with Crippen LogP contribution in [-0.4, -0.2) is 17.5 Å². The lowest BCUT2D eigenvalue weighted by Gasteiger charge is -2.11. The van der Waals surface area contributed by atoms with Crippen molar-refractivity contribution in [2.24, 2.45) is 0 Å². The second-order valence-electron chi connectivity index (χ2n) is 3.84. The Morgan fingerprint density at radius 1 is 1.44 bits per heavy atom. The lowest BCUT2D eigenvalue weighted by atomic mass is 10.1. The van der Waals surface area contributed by atoms with Gasteiger partial charge in [0.1, 0.15) is 11.5 Å². The van der Waals surface area contributed by atoms with Gasteiger partial charge in [0.25, 0.3) is 0 Å². The van der Waals surface area contributed by atoms with E-state index in [0.717, 1.165) is 12.8 Å². The molecule has 16 heavy (non-hydrogen) atoms. The first-order valence-electron chi connectivity index (χ1n) is 5.54. The summed E-state index contributed by atoms with van der Waals surface area (Å²) < 4.78 is 5.52. The van der Waals surface area contributed by atoms with Crippen LogP contribution in [0.2, 0.25) is 0 Å². The first-order chi connectivity index (χ1) is 7.57. The second-order valence-corrected chi connectivity index (χ2v) is 3.84. The van der Waals surface area contributed by atoms with Crippen LogP contribution in [0.4, 0.5) is 0 Å². The summed E-state index contributed by atoms with van der Waals surface area (Å²) in [6.45, 7) is 5.91. The number of carbonyl (C=O) groups excluding carboxylic acids is 1. The minimum atomic E-state index is -0.138. The Morgan fingerprint density at radius 2 is 2.12 bits per heavy atom. The van der Waals surface area contributed by atoms with Gasteiger partial charge in [0.2, 0.25) is 0 Å². The lowest BCUT2D eigenvalue weighted by molar-refractivity contribution is 0.101. The first kappa shape index (κ1) is 12.6. The van der Waals surface area contributed by atoms with E-state index in [1.54, 1.807) is 19.1 Å². The number of aromatic hydroxyl groups is 1. The van der Waals surface area contributed by atoms with Crippen LogP contribution in [0.25, 0.3) is 0 Å². The molecule has 0 saturated carbocycles. The molecular formula is C13H18O3. The zero-order chi connectivity index (χ0) is 12.1. The number of hydrogen-bond acceptors (Lipinski definition) is 3. The van der Waals surface area contributed by atoms with Gasteiger partial charge >= 0.3 is 0 Å². The fourth-order valence-electron chi connectivity index (χ4n) is 1.45. The Balaban J connectivity index is 2.89. The molecular weight excluding hydrogens is 204 g/mol. The van der Waals surface area contributed by atoms with E-state index in [1.807, 2.05) is 0 Å². The number of benzene rings is 1. The van der Waals surface area contributed by atoms with Crippen molar-refractivity contribution in [3.8, 4) is 11.5 Å². The van der Waals surface area contributed by atoms with Crippen LogP contribution in [-0.2, 0) is 0 Å². The van der Waals surface area contributed by atoms with Crippen LogP contribution >= 0.6 is 0 Å². The predicted molar refractivity (Wildman–Crippen MR) is 63.3 cm³/mol. The largest absolute Gasteiger partial charge is 0.507 e. The minimum Gasteiger partial charge on any atom is -0.507 e. The summed E-state index contributed by atoms with van der Waals surface area (Å²) in [4.78, 5) is 11.2. The van der Waals surface area contributed by atoms with Crippen molar-refractivity contribution in [3.05, 3.63) is 23.3 Å². The van der Waals surface area contributed by atoms with Crippen LogP contribution < -0.4 is 4.74 Å². The molecule has 0 heterocycles. The van der Waals surface area contributed by atoms with E-state index in [2.05, 4.69) is 6.92 Å². The number of phenolic OH excluding ortho intramolecular Hbond substituents is 1. The molecule has 0 fully saturated rings. The molecule has 0 aliphatic carbocycles. The van der Waals surface area contributed by atoms with Gasteiger partial charge in [0.15, 0.2) is 5.78 Å². The van der Waals surface area contributed by atoms with E-state index in [4.69, 9.17) is 4.74 Å². The summed E-state index contributed by atoms with van der Waals surface area (Å²) in [5, 5.41) is 9.80. The molecule has 0 amide bonds. The number of unbranched alkanes of at least 4 members (excludes halogenated alkanes) is 1. The van der Waals surface area contributed by atoms with Crippen molar-refractivity contribution in [1.29, 1.82) is 0 Å². The van der Waals surface area contributed by atoms with E-state index < -0.39 is 0 Å². The molecule has 3 heteroatoms. The van der Waals surface area contributed by atoms with E-state index in [9.17, 15) is 9.90 Å². The van der Waals surface area contributed by atoms with Gasteiger partial charge in [-0.25, -0.2) is 0 Å². The van der Waals surface area contributed by atoms with Crippen molar-refractivity contribution < 1.29 is 14.6 Å². The molecule has 0 unspecified atom stereocenters. The maximum absolute atomic E-state index is 11.2. The van der Waals surface area contributed by atoms with Gasteiger partial charge in [0, 0.05) is 5.56 Å². The minimum absolute atomic E-state index is 0.0292. The zero-order valence-corrected chi connectivity index (χ0v) is 10.0. The monoisotopic (exact) mass is 222 g/mol. The third-order valence-corrected chi connectivity index (χ3v) is 2.52. The molecule has 1 aromatic rings. The number of rotatable bonds is 5. The van der Waals surface area contributed by atoms with Gasteiger partial charge < -0.3 is 9.84 Å². The summed E-state index contributed by atoms with van der Waals surface area (Å²) in [5.41, 5.74) is 0.976. The normalized spacial score (nSPS) is 10.2. The molecule has 1 N–H and O–H groups in total. The fourth-order valence-corrected chi connectivity index (χ4v) is 1.45. The van der Waals surface area contributed by atoms with Gasteiger partial charge in [-0.15, -0.1) is 0 Å². The maximum Gasteiger partial charge on any atom is 0.163 e. The van der Waals surface area contributed by atoms with E-state index in [-0.39, 0.29) is 11.5 Å². The van der Waals surface area contributed by atoms with Gasteiger partial charge in [0.05, 0.1) is 12.2 Å². The molecule has 0 atom stereocenters. The van der Waals surface area contributed by atoms with Crippen molar-refractivity contribution in [2.45, 2.75) is 33.6 Å². The Bertz CT molecular complexity index is 383. The molecule has 0 aliphatic heterocycles. The average Bonchev–Trinajstić information content (AvgIpc) is 2.24. The summed E-state index contributed by atoms with van der Waals surface area (Å²) in [7, 11) is 0. The molecule has 0 bridgehead atoms. The Morgan fingerprint density at radius 3 is 2.69 bits per heavy atom. The highest BCUT2D eigenvalue weighted by Gasteiger charge is 2.12. The fraction of sp³-hybridized carbons (Fsp3) is 0.462. The zero-order valence-electron chi connectivity index (χ0n) is 10.0. The molecule has 1 rings (SSSR count). The third kappa shape index (κ3) is 2.75. The van der Waals surface area contributed by atoms with Crippen LogP contribution in [0.15, 0.2) is 12.1 Å². The van der Waals surface area contributed by atoms with E-state index >= 15 is 0 Å². The molecule has 0 spiro atoms. The van der Waals surface area contributed by atoms with Crippen LogP contribution in [0, 0.1) is 6.92 Å². The van der Waals surface area contributed by atoms with Crippen molar-refractivity contribution >= 4 is 5.78 Å².